The highest BCUT2D eigenvalue weighted by atomic mass is 16.5. The van der Waals surface area contributed by atoms with E-state index in [1.807, 2.05) is 18.2 Å². The van der Waals surface area contributed by atoms with E-state index in [9.17, 15) is 4.79 Å². The fourth-order valence-electron chi connectivity index (χ4n) is 2.69. The first-order chi connectivity index (χ1) is 9.60. The highest BCUT2D eigenvalue weighted by molar-refractivity contribution is 5.79. The minimum absolute atomic E-state index is 0.123. The summed E-state index contributed by atoms with van der Waals surface area (Å²) in [6, 6.07) is 5.75. The SMILES string of the molecule is COc1c(CC(C)=O)cccc1OC1CCCN(C)C1. The average molecular weight is 277 g/mol. The third-order valence-corrected chi connectivity index (χ3v) is 3.58. The standard InChI is InChI=1S/C16H23NO3/c1-12(18)10-13-6-4-8-15(16(13)19-3)20-14-7-5-9-17(2)11-14/h4,6,8,14H,5,7,9-11H2,1-3H3. The average Bonchev–Trinajstić information content (AvgIpc) is 2.38. The Morgan fingerprint density at radius 2 is 2.25 bits per heavy atom. The Morgan fingerprint density at radius 3 is 2.90 bits per heavy atom. The van der Waals surface area contributed by atoms with Crippen molar-refractivity contribution in [2.75, 3.05) is 27.2 Å². The van der Waals surface area contributed by atoms with Crippen LogP contribution in [0.25, 0.3) is 0 Å². The number of carbonyl (C=O) groups is 1. The maximum absolute atomic E-state index is 11.3. The zero-order chi connectivity index (χ0) is 14.5. The molecule has 1 atom stereocenters. The van der Waals surface area contributed by atoms with Gasteiger partial charge in [0.25, 0.3) is 0 Å². The van der Waals surface area contributed by atoms with E-state index in [-0.39, 0.29) is 11.9 Å². The van der Waals surface area contributed by atoms with Gasteiger partial charge in [-0.05, 0) is 39.4 Å². The van der Waals surface area contributed by atoms with E-state index in [4.69, 9.17) is 9.47 Å². The van der Waals surface area contributed by atoms with Crippen LogP contribution >= 0.6 is 0 Å². The third kappa shape index (κ3) is 3.73. The molecular weight excluding hydrogens is 254 g/mol. The number of likely N-dealkylation sites (tertiary alicyclic amines) is 1. The molecule has 0 N–H and O–H groups in total. The lowest BCUT2D eigenvalue weighted by Gasteiger charge is -2.30. The second-order valence-electron chi connectivity index (χ2n) is 5.47. The Bertz CT molecular complexity index is 473. The molecule has 0 aromatic heterocycles. The van der Waals surface area contributed by atoms with Crippen LogP contribution in [-0.4, -0.2) is 44.0 Å². The minimum atomic E-state index is 0.123. The molecular formula is C16H23NO3. The second-order valence-corrected chi connectivity index (χ2v) is 5.47. The Labute approximate surface area is 120 Å². The Hall–Kier alpha value is -1.55. The summed E-state index contributed by atoms with van der Waals surface area (Å²) in [6.45, 7) is 3.64. The molecule has 1 saturated heterocycles. The summed E-state index contributed by atoms with van der Waals surface area (Å²) in [6.07, 6.45) is 2.78. The van der Waals surface area contributed by atoms with E-state index in [0.717, 1.165) is 37.2 Å². The van der Waals surface area contributed by atoms with E-state index < -0.39 is 0 Å². The van der Waals surface area contributed by atoms with Crippen molar-refractivity contribution in [2.24, 2.45) is 0 Å². The van der Waals surface area contributed by atoms with Crippen molar-refractivity contribution in [3.63, 3.8) is 0 Å². The predicted molar refractivity (Wildman–Crippen MR) is 78.5 cm³/mol. The lowest BCUT2D eigenvalue weighted by molar-refractivity contribution is -0.116. The van der Waals surface area contributed by atoms with E-state index >= 15 is 0 Å². The number of piperidine rings is 1. The van der Waals surface area contributed by atoms with Gasteiger partial charge < -0.3 is 14.4 Å². The molecule has 1 heterocycles. The number of ketones is 1. The molecule has 1 unspecified atom stereocenters. The molecule has 2 rings (SSSR count). The molecule has 110 valence electrons. The maximum atomic E-state index is 11.3. The van der Waals surface area contributed by atoms with Gasteiger partial charge in [0.05, 0.1) is 7.11 Å². The fourth-order valence-corrected chi connectivity index (χ4v) is 2.69. The summed E-state index contributed by atoms with van der Waals surface area (Å²) in [5.41, 5.74) is 0.890. The van der Waals surface area contributed by atoms with Crippen molar-refractivity contribution in [3.05, 3.63) is 23.8 Å². The molecule has 0 bridgehead atoms. The zero-order valence-corrected chi connectivity index (χ0v) is 12.5. The Kier molecular flexibility index (Phi) is 5.01. The van der Waals surface area contributed by atoms with Gasteiger partial charge in [-0.3, -0.25) is 4.79 Å². The van der Waals surface area contributed by atoms with Crippen molar-refractivity contribution in [1.82, 2.24) is 4.90 Å². The molecule has 0 radical (unpaired) electrons. The van der Waals surface area contributed by atoms with E-state index in [2.05, 4.69) is 11.9 Å². The monoisotopic (exact) mass is 277 g/mol. The molecule has 1 aromatic rings. The quantitative estimate of drug-likeness (QED) is 0.828. The first kappa shape index (κ1) is 14.9. The second kappa shape index (κ2) is 6.75. The normalized spacial score (nSPS) is 19.6. The smallest absolute Gasteiger partial charge is 0.164 e. The summed E-state index contributed by atoms with van der Waals surface area (Å²) in [7, 11) is 3.73. The number of para-hydroxylation sites is 1. The summed E-state index contributed by atoms with van der Waals surface area (Å²) in [5, 5.41) is 0. The van der Waals surface area contributed by atoms with Crippen molar-refractivity contribution in [2.45, 2.75) is 32.3 Å². The van der Waals surface area contributed by atoms with Crippen LogP contribution in [0.5, 0.6) is 11.5 Å². The van der Waals surface area contributed by atoms with Crippen LogP contribution in [-0.2, 0) is 11.2 Å². The first-order valence-electron chi connectivity index (χ1n) is 7.10. The number of Topliss-reactive ketones (excluding diaryl/α,β-unsaturated/α-hetero) is 1. The van der Waals surface area contributed by atoms with Gasteiger partial charge in [0.15, 0.2) is 11.5 Å². The number of nitrogens with zero attached hydrogens (tertiary/aromatic N) is 1. The van der Waals surface area contributed by atoms with Crippen LogP contribution in [0.2, 0.25) is 0 Å². The first-order valence-corrected chi connectivity index (χ1v) is 7.10. The highest BCUT2D eigenvalue weighted by Crippen LogP contribution is 2.33. The number of hydrogen-bond donors (Lipinski definition) is 0. The number of carbonyl (C=O) groups excluding carboxylic acids is 1. The number of likely N-dealkylation sites (N-methyl/N-ethyl adjacent to an activating group) is 1. The topological polar surface area (TPSA) is 38.8 Å². The highest BCUT2D eigenvalue weighted by Gasteiger charge is 2.21. The molecule has 1 aliphatic heterocycles. The van der Waals surface area contributed by atoms with Gasteiger partial charge in [-0.15, -0.1) is 0 Å². The predicted octanol–water partition coefficient (Wildman–Crippen LogP) is 2.30. The van der Waals surface area contributed by atoms with E-state index in [1.54, 1.807) is 14.0 Å². The number of rotatable bonds is 5. The molecule has 1 aromatic carbocycles. The molecule has 0 aliphatic carbocycles. The van der Waals surface area contributed by atoms with Crippen LogP contribution in [0.3, 0.4) is 0 Å². The molecule has 0 spiro atoms. The third-order valence-electron chi connectivity index (χ3n) is 3.58. The largest absolute Gasteiger partial charge is 0.493 e. The van der Waals surface area contributed by atoms with Crippen molar-refractivity contribution in [3.8, 4) is 11.5 Å². The van der Waals surface area contributed by atoms with Crippen LogP contribution in [0, 0.1) is 0 Å². The fraction of sp³-hybridized carbons (Fsp3) is 0.562. The summed E-state index contributed by atoms with van der Waals surface area (Å²) in [4.78, 5) is 13.6. The van der Waals surface area contributed by atoms with Gasteiger partial charge in [0.1, 0.15) is 11.9 Å². The number of benzene rings is 1. The van der Waals surface area contributed by atoms with Crippen molar-refractivity contribution >= 4 is 5.78 Å². The Balaban J connectivity index is 2.16. The number of ether oxygens (including phenoxy) is 2. The van der Waals surface area contributed by atoms with Gasteiger partial charge in [0, 0.05) is 18.5 Å². The lowest BCUT2D eigenvalue weighted by Crippen LogP contribution is -2.38. The number of hydrogen-bond acceptors (Lipinski definition) is 4. The van der Waals surface area contributed by atoms with E-state index in [1.165, 1.54) is 0 Å². The maximum Gasteiger partial charge on any atom is 0.164 e. The van der Waals surface area contributed by atoms with Gasteiger partial charge in [-0.1, -0.05) is 12.1 Å². The zero-order valence-electron chi connectivity index (χ0n) is 12.5. The van der Waals surface area contributed by atoms with Crippen LogP contribution in [0.15, 0.2) is 18.2 Å². The van der Waals surface area contributed by atoms with Crippen LogP contribution in [0.4, 0.5) is 0 Å². The lowest BCUT2D eigenvalue weighted by atomic mass is 10.1. The van der Waals surface area contributed by atoms with Gasteiger partial charge >= 0.3 is 0 Å². The molecule has 1 fully saturated rings. The molecule has 4 nitrogen and oxygen atoms in total. The molecule has 1 aliphatic rings. The molecule has 20 heavy (non-hydrogen) atoms. The van der Waals surface area contributed by atoms with Gasteiger partial charge in [-0.25, -0.2) is 0 Å². The van der Waals surface area contributed by atoms with Crippen molar-refractivity contribution in [1.29, 1.82) is 0 Å². The van der Waals surface area contributed by atoms with Crippen LogP contribution in [0.1, 0.15) is 25.3 Å². The summed E-state index contributed by atoms with van der Waals surface area (Å²) in [5.74, 6) is 1.56. The molecule has 0 saturated carbocycles. The van der Waals surface area contributed by atoms with Gasteiger partial charge in [-0.2, -0.15) is 0 Å². The van der Waals surface area contributed by atoms with Crippen LogP contribution < -0.4 is 9.47 Å². The van der Waals surface area contributed by atoms with Gasteiger partial charge in [0.2, 0.25) is 0 Å². The minimum Gasteiger partial charge on any atom is -0.493 e. The Morgan fingerprint density at radius 1 is 1.45 bits per heavy atom. The number of methoxy groups -OCH3 is 1. The molecule has 0 amide bonds. The van der Waals surface area contributed by atoms with E-state index in [0.29, 0.717) is 12.2 Å². The summed E-state index contributed by atoms with van der Waals surface area (Å²) >= 11 is 0. The van der Waals surface area contributed by atoms with Crippen molar-refractivity contribution < 1.29 is 14.3 Å². The summed E-state index contributed by atoms with van der Waals surface area (Å²) < 4.78 is 11.5. The molecule has 4 heteroatoms.